The maximum Gasteiger partial charge on any atom is 0.335 e. The number of hydrogen-bond donors (Lipinski definition) is 2. The Balaban J connectivity index is 2.56. The summed E-state index contributed by atoms with van der Waals surface area (Å²) in [6.07, 6.45) is 0. The van der Waals surface area contributed by atoms with Gasteiger partial charge in [0.1, 0.15) is 0 Å². The third-order valence-electron chi connectivity index (χ3n) is 3.56. The molecule has 1 heterocycles. The van der Waals surface area contributed by atoms with E-state index in [1.54, 1.807) is 19.9 Å². The van der Waals surface area contributed by atoms with Crippen LogP contribution in [0.3, 0.4) is 0 Å². The van der Waals surface area contributed by atoms with Crippen molar-refractivity contribution in [2.24, 2.45) is 0 Å². The summed E-state index contributed by atoms with van der Waals surface area (Å²) in [5.74, 6) is -1.17. The number of carboxylic acids is 1. The first-order valence-corrected chi connectivity index (χ1v) is 6.63. The van der Waals surface area contributed by atoms with E-state index in [2.05, 4.69) is 5.32 Å². The lowest BCUT2D eigenvalue weighted by Crippen LogP contribution is -2.47. The van der Waals surface area contributed by atoms with Gasteiger partial charge in [-0.25, -0.2) is 9.59 Å². The van der Waals surface area contributed by atoms with Crippen molar-refractivity contribution >= 4 is 17.7 Å². The van der Waals surface area contributed by atoms with Crippen LogP contribution in [0.1, 0.15) is 25.5 Å². The molecule has 8 heteroatoms. The minimum atomic E-state index is -1.17. The van der Waals surface area contributed by atoms with Gasteiger partial charge in [0.2, 0.25) is 0 Å². The lowest BCUT2D eigenvalue weighted by molar-refractivity contribution is -0.384. The summed E-state index contributed by atoms with van der Waals surface area (Å²) in [6.45, 7) is 3.61. The van der Waals surface area contributed by atoms with Crippen LogP contribution < -0.4 is 5.32 Å². The summed E-state index contributed by atoms with van der Waals surface area (Å²) in [5, 5.41) is 22.9. The Morgan fingerprint density at radius 3 is 2.73 bits per heavy atom. The zero-order valence-electron chi connectivity index (χ0n) is 12.1. The molecule has 0 aliphatic carbocycles. The van der Waals surface area contributed by atoms with Gasteiger partial charge in [0.25, 0.3) is 5.69 Å². The van der Waals surface area contributed by atoms with Gasteiger partial charge in [-0.15, -0.1) is 0 Å². The van der Waals surface area contributed by atoms with Crippen molar-refractivity contribution in [2.45, 2.75) is 19.9 Å². The normalized spacial score (nSPS) is 18.2. The number of nitrogens with zero attached hydrogens (tertiary/aromatic N) is 2. The van der Waals surface area contributed by atoms with Gasteiger partial charge >= 0.3 is 12.0 Å². The Labute approximate surface area is 126 Å². The van der Waals surface area contributed by atoms with E-state index in [1.807, 2.05) is 0 Å². The third-order valence-corrected chi connectivity index (χ3v) is 3.56. The summed E-state index contributed by atoms with van der Waals surface area (Å²) in [6, 6.07) is 4.23. The second-order valence-corrected chi connectivity index (χ2v) is 4.78. The molecule has 1 aromatic carbocycles. The second-order valence-electron chi connectivity index (χ2n) is 4.78. The number of carboxylic acid groups (broad SMARTS) is 1. The SMILES string of the molecule is CCN1C(=O)N[C@@H](c2cccc([N+](=O)[O-])c2)C(C(=O)O)=C1C. The number of nitro benzene ring substituents is 1. The van der Waals surface area contributed by atoms with E-state index >= 15 is 0 Å². The van der Waals surface area contributed by atoms with E-state index in [9.17, 15) is 24.8 Å². The average molecular weight is 305 g/mol. The summed E-state index contributed by atoms with van der Waals surface area (Å²) in [5.41, 5.74) is 0.527. The smallest absolute Gasteiger partial charge is 0.335 e. The Bertz CT molecular complexity index is 683. The van der Waals surface area contributed by atoms with Crippen LogP contribution in [-0.2, 0) is 4.79 Å². The lowest BCUT2D eigenvalue weighted by Gasteiger charge is -2.34. The number of rotatable bonds is 4. The zero-order valence-corrected chi connectivity index (χ0v) is 12.1. The van der Waals surface area contributed by atoms with Crippen molar-refractivity contribution in [3.8, 4) is 0 Å². The Hall–Kier alpha value is -2.90. The van der Waals surface area contributed by atoms with E-state index in [0.717, 1.165) is 0 Å². The largest absolute Gasteiger partial charge is 0.478 e. The van der Waals surface area contributed by atoms with Gasteiger partial charge in [0.15, 0.2) is 0 Å². The number of amides is 2. The number of allylic oxidation sites excluding steroid dienone is 1. The van der Waals surface area contributed by atoms with Crippen LogP contribution in [0.15, 0.2) is 35.5 Å². The van der Waals surface area contributed by atoms with Gasteiger partial charge < -0.3 is 10.4 Å². The third kappa shape index (κ3) is 2.62. The number of carbonyl (C=O) groups excluding carboxylic acids is 1. The molecule has 0 bridgehead atoms. The highest BCUT2D eigenvalue weighted by molar-refractivity contribution is 5.93. The van der Waals surface area contributed by atoms with Crippen LogP contribution in [0.25, 0.3) is 0 Å². The molecule has 2 amide bonds. The number of non-ortho nitro benzene ring substituents is 1. The molecular weight excluding hydrogens is 290 g/mol. The van der Waals surface area contributed by atoms with E-state index in [0.29, 0.717) is 17.8 Å². The number of urea groups is 1. The Morgan fingerprint density at radius 1 is 1.50 bits per heavy atom. The number of benzene rings is 1. The minimum Gasteiger partial charge on any atom is -0.478 e. The predicted octanol–water partition coefficient (Wildman–Crippen LogP) is 2.04. The Morgan fingerprint density at radius 2 is 2.18 bits per heavy atom. The first-order chi connectivity index (χ1) is 10.4. The van der Waals surface area contributed by atoms with Crippen LogP contribution in [0, 0.1) is 10.1 Å². The molecule has 0 fully saturated rings. The van der Waals surface area contributed by atoms with Gasteiger partial charge in [-0.05, 0) is 19.4 Å². The van der Waals surface area contributed by atoms with E-state index < -0.39 is 23.0 Å². The number of aliphatic carboxylic acids is 1. The standard InChI is InChI=1S/C14H15N3O5/c1-3-16-8(2)11(13(18)19)12(15-14(16)20)9-5-4-6-10(7-9)17(21)22/h4-7,12H,3H2,1-2H3,(H,15,20)(H,18,19)/t12-/m0/s1. The van der Waals surface area contributed by atoms with Crippen molar-refractivity contribution in [2.75, 3.05) is 6.54 Å². The fourth-order valence-electron chi connectivity index (χ4n) is 2.51. The van der Waals surface area contributed by atoms with Crippen molar-refractivity contribution in [3.63, 3.8) is 0 Å². The molecule has 0 spiro atoms. The van der Waals surface area contributed by atoms with Crippen molar-refractivity contribution in [1.29, 1.82) is 0 Å². The molecular formula is C14H15N3O5. The highest BCUT2D eigenvalue weighted by Gasteiger charge is 2.35. The summed E-state index contributed by atoms with van der Waals surface area (Å²) < 4.78 is 0. The molecule has 1 atom stereocenters. The van der Waals surface area contributed by atoms with Gasteiger partial charge in [-0.1, -0.05) is 12.1 Å². The van der Waals surface area contributed by atoms with Crippen molar-refractivity contribution in [3.05, 3.63) is 51.2 Å². The molecule has 1 aliphatic rings. The molecule has 0 saturated carbocycles. The fourth-order valence-corrected chi connectivity index (χ4v) is 2.51. The number of carbonyl (C=O) groups is 2. The van der Waals surface area contributed by atoms with Crippen LogP contribution >= 0.6 is 0 Å². The molecule has 0 saturated heterocycles. The average Bonchev–Trinajstić information content (AvgIpc) is 2.46. The topological polar surface area (TPSA) is 113 Å². The first kappa shape index (κ1) is 15.5. The fraction of sp³-hybridized carbons (Fsp3) is 0.286. The van der Waals surface area contributed by atoms with Crippen LogP contribution in [0.4, 0.5) is 10.5 Å². The van der Waals surface area contributed by atoms with Gasteiger partial charge in [0, 0.05) is 24.4 Å². The summed E-state index contributed by atoms with van der Waals surface area (Å²) in [7, 11) is 0. The highest BCUT2D eigenvalue weighted by atomic mass is 16.6. The zero-order chi connectivity index (χ0) is 16.4. The van der Waals surface area contributed by atoms with Crippen LogP contribution in [0.5, 0.6) is 0 Å². The number of nitro groups is 1. The number of hydrogen-bond acceptors (Lipinski definition) is 4. The first-order valence-electron chi connectivity index (χ1n) is 6.63. The Kier molecular flexibility index (Phi) is 4.11. The monoisotopic (exact) mass is 305 g/mol. The maximum absolute atomic E-state index is 12.1. The molecule has 116 valence electrons. The van der Waals surface area contributed by atoms with E-state index in [1.165, 1.54) is 23.1 Å². The van der Waals surface area contributed by atoms with Crippen molar-refractivity contribution < 1.29 is 19.6 Å². The molecule has 22 heavy (non-hydrogen) atoms. The van der Waals surface area contributed by atoms with Gasteiger partial charge in [-0.2, -0.15) is 0 Å². The highest BCUT2D eigenvalue weighted by Crippen LogP contribution is 2.31. The quantitative estimate of drug-likeness (QED) is 0.653. The molecule has 0 unspecified atom stereocenters. The molecule has 2 N–H and O–H groups in total. The van der Waals surface area contributed by atoms with Gasteiger partial charge in [-0.3, -0.25) is 15.0 Å². The maximum atomic E-state index is 12.1. The molecule has 1 aromatic rings. The predicted molar refractivity (Wildman–Crippen MR) is 77.1 cm³/mol. The van der Waals surface area contributed by atoms with Crippen molar-refractivity contribution in [1.82, 2.24) is 10.2 Å². The molecule has 0 aromatic heterocycles. The molecule has 1 aliphatic heterocycles. The van der Waals surface area contributed by atoms with Crippen LogP contribution in [0.2, 0.25) is 0 Å². The van der Waals surface area contributed by atoms with E-state index in [-0.39, 0.29) is 11.3 Å². The van der Waals surface area contributed by atoms with Crippen LogP contribution in [-0.4, -0.2) is 33.5 Å². The lowest BCUT2D eigenvalue weighted by atomic mass is 9.94. The van der Waals surface area contributed by atoms with E-state index in [4.69, 9.17) is 0 Å². The second kappa shape index (κ2) is 5.84. The summed E-state index contributed by atoms with van der Waals surface area (Å²) in [4.78, 5) is 35.2. The minimum absolute atomic E-state index is 0.00180. The number of nitrogens with one attached hydrogen (secondary N) is 1. The molecule has 0 radical (unpaired) electrons. The molecule has 2 rings (SSSR count). The molecule has 8 nitrogen and oxygen atoms in total. The van der Waals surface area contributed by atoms with Gasteiger partial charge in [0.05, 0.1) is 16.5 Å². The summed E-state index contributed by atoms with van der Waals surface area (Å²) >= 11 is 0.